The molecule has 1 aliphatic rings. The van der Waals surface area contributed by atoms with Crippen molar-refractivity contribution in [3.8, 4) is 0 Å². The Bertz CT molecular complexity index is 72.9. The minimum atomic E-state index is 0.417. The Hall–Kier alpha value is -0.0800. The Morgan fingerprint density at radius 2 is 2.50 bits per heavy atom. The van der Waals surface area contributed by atoms with Crippen molar-refractivity contribution in [1.82, 2.24) is 5.32 Å². The summed E-state index contributed by atoms with van der Waals surface area (Å²) in [6.45, 7) is 3.20. The predicted octanol–water partition coefficient (Wildman–Crippen LogP) is 0.0856. The summed E-state index contributed by atoms with van der Waals surface area (Å²) in [5, 5.41) is 3.33. The average molecular weight is 114 g/mol. The zero-order valence-corrected chi connectivity index (χ0v) is 5.35. The van der Waals surface area contributed by atoms with Gasteiger partial charge in [0.1, 0.15) is 0 Å². The van der Waals surface area contributed by atoms with E-state index in [2.05, 4.69) is 12.2 Å². The van der Waals surface area contributed by atoms with E-state index in [0.29, 0.717) is 12.1 Å². The van der Waals surface area contributed by atoms with Gasteiger partial charge in [0, 0.05) is 18.6 Å². The van der Waals surface area contributed by atoms with Gasteiger partial charge in [0.05, 0.1) is 0 Å². The molecular formula is C6H14N2. The fraction of sp³-hybridized carbons (Fsp3) is 1.00. The molecule has 1 rings (SSSR count). The molecule has 2 heteroatoms. The van der Waals surface area contributed by atoms with Crippen molar-refractivity contribution in [2.75, 3.05) is 6.54 Å². The van der Waals surface area contributed by atoms with Crippen LogP contribution in [0.2, 0.25) is 0 Å². The second-order valence-corrected chi connectivity index (χ2v) is 2.51. The summed E-state index contributed by atoms with van der Waals surface area (Å²) in [5.41, 5.74) is 5.64. The summed E-state index contributed by atoms with van der Waals surface area (Å²) in [4.78, 5) is 0. The maximum Gasteiger partial charge on any atom is 0.0180 e. The molecule has 1 heterocycles. The molecule has 0 bridgehead atoms. The molecule has 1 saturated heterocycles. The zero-order chi connectivity index (χ0) is 5.98. The lowest BCUT2D eigenvalue weighted by atomic mass is 10.1. The van der Waals surface area contributed by atoms with Gasteiger partial charge >= 0.3 is 0 Å². The molecule has 0 aromatic heterocycles. The van der Waals surface area contributed by atoms with Crippen LogP contribution in [0, 0.1) is 0 Å². The Morgan fingerprint density at radius 1 is 1.75 bits per heavy atom. The molecule has 0 spiro atoms. The van der Waals surface area contributed by atoms with Gasteiger partial charge in [0.25, 0.3) is 0 Å². The van der Waals surface area contributed by atoms with Crippen molar-refractivity contribution in [3.63, 3.8) is 0 Å². The van der Waals surface area contributed by atoms with Crippen molar-refractivity contribution in [3.05, 3.63) is 0 Å². The monoisotopic (exact) mass is 114 g/mol. The second kappa shape index (κ2) is 2.46. The number of hydrogen-bond donors (Lipinski definition) is 2. The third-order valence-electron chi connectivity index (χ3n) is 1.75. The van der Waals surface area contributed by atoms with Crippen molar-refractivity contribution in [2.45, 2.75) is 31.8 Å². The molecule has 2 nitrogen and oxygen atoms in total. The molecule has 0 unspecified atom stereocenters. The molecule has 3 N–H and O–H groups in total. The summed E-state index contributed by atoms with van der Waals surface area (Å²) >= 11 is 0. The highest BCUT2D eigenvalue weighted by atomic mass is 15.0. The minimum absolute atomic E-state index is 0.417. The van der Waals surface area contributed by atoms with Gasteiger partial charge in [0.2, 0.25) is 0 Å². The molecule has 1 fully saturated rings. The lowest BCUT2D eigenvalue weighted by Crippen LogP contribution is -2.22. The first-order chi connectivity index (χ1) is 3.83. The van der Waals surface area contributed by atoms with E-state index in [9.17, 15) is 0 Å². The highest BCUT2D eigenvalue weighted by Crippen LogP contribution is 2.06. The second-order valence-electron chi connectivity index (χ2n) is 2.51. The number of nitrogens with two attached hydrogens (primary N) is 1. The largest absolute Gasteiger partial charge is 0.326 e. The van der Waals surface area contributed by atoms with Gasteiger partial charge in [0.15, 0.2) is 0 Å². The summed E-state index contributed by atoms with van der Waals surface area (Å²) in [6, 6.07) is 1.12. The van der Waals surface area contributed by atoms with Crippen LogP contribution >= 0.6 is 0 Å². The van der Waals surface area contributed by atoms with E-state index in [-0.39, 0.29) is 0 Å². The lowest BCUT2D eigenvalue weighted by Gasteiger charge is -2.02. The lowest BCUT2D eigenvalue weighted by molar-refractivity contribution is 0.582. The molecule has 8 heavy (non-hydrogen) atoms. The molecule has 0 radical (unpaired) electrons. The third kappa shape index (κ3) is 1.20. The van der Waals surface area contributed by atoms with E-state index < -0.39 is 0 Å². The van der Waals surface area contributed by atoms with E-state index in [1.165, 1.54) is 6.42 Å². The molecule has 0 amide bonds. The molecule has 0 aliphatic carbocycles. The van der Waals surface area contributed by atoms with Crippen molar-refractivity contribution in [1.29, 1.82) is 0 Å². The Labute approximate surface area is 50.4 Å². The normalized spacial score (nSPS) is 38.2. The van der Waals surface area contributed by atoms with Crippen LogP contribution in [0.15, 0.2) is 0 Å². The van der Waals surface area contributed by atoms with Gasteiger partial charge in [-0.3, -0.25) is 0 Å². The molecule has 0 saturated carbocycles. The number of nitrogens with one attached hydrogen (secondary N) is 1. The molecule has 48 valence electrons. The summed E-state index contributed by atoms with van der Waals surface area (Å²) in [5.74, 6) is 0. The maximum absolute atomic E-state index is 5.64. The van der Waals surface area contributed by atoms with Crippen molar-refractivity contribution in [2.24, 2.45) is 5.73 Å². The maximum atomic E-state index is 5.64. The predicted molar refractivity (Wildman–Crippen MR) is 34.7 cm³/mol. The van der Waals surface area contributed by atoms with Crippen LogP contribution in [0.5, 0.6) is 0 Å². The molecular weight excluding hydrogens is 100 g/mol. The topological polar surface area (TPSA) is 38.0 Å². The van der Waals surface area contributed by atoms with Gasteiger partial charge in [-0.05, 0) is 12.8 Å². The standard InChI is InChI=1S/C6H14N2/c1-2-6-3-5(7)4-8-6/h5-6,8H,2-4,7H2,1H3/t5-,6+/m1/s1. The Morgan fingerprint density at radius 3 is 2.75 bits per heavy atom. The van der Waals surface area contributed by atoms with Crippen LogP contribution in [0.3, 0.4) is 0 Å². The first-order valence-corrected chi connectivity index (χ1v) is 3.32. The summed E-state index contributed by atoms with van der Waals surface area (Å²) in [7, 11) is 0. The average Bonchev–Trinajstić information content (AvgIpc) is 2.14. The summed E-state index contributed by atoms with van der Waals surface area (Å²) in [6.07, 6.45) is 2.38. The molecule has 0 aromatic rings. The van der Waals surface area contributed by atoms with Gasteiger partial charge in [-0.1, -0.05) is 6.92 Å². The van der Waals surface area contributed by atoms with Crippen LogP contribution < -0.4 is 11.1 Å². The van der Waals surface area contributed by atoms with Gasteiger partial charge in [-0.15, -0.1) is 0 Å². The van der Waals surface area contributed by atoms with Crippen LogP contribution in [-0.2, 0) is 0 Å². The zero-order valence-electron chi connectivity index (χ0n) is 5.35. The molecule has 2 atom stereocenters. The van der Waals surface area contributed by atoms with E-state index >= 15 is 0 Å². The first kappa shape index (κ1) is 6.05. The fourth-order valence-electron chi connectivity index (χ4n) is 1.16. The van der Waals surface area contributed by atoms with Crippen LogP contribution in [0.4, 0.5) is 0 Å². The van der Waals surface area contributed by atoms with Crippen molar-refractivity contribution >= 4 is 0 Å². The van der Waals surface area contributed by atoms with Crippen LogP contribution in [0.1, 0.15) is 19.8 Å². The highest BCUT2D eigenvalue weighted by Gasteiger charge is 2.17. The van der Waals surface area contributed by atoms with Gasteiger partial charge in [-0.25, -0.2) is 0 Å². The van der Waals surface area contributed by atoms with E-state index in [1.54, 1.807) is 0 Å². The van der Waals surface area contributed by atoms with Gasteiger partial charge < -0.3 is 11.1 Å². The van der Waals surface area contributed by atoms with Crippen LogP contribution in [0.25, 0.3) is 0 Å². The van der Waals surface area contributed by atoms with Crippen LogP contribution in [-0.4, -0.2) is 18.6 Å². The van der Waals surface area contributed by atoms with E-state index in [4.69, 9.17) is 5.73 Å². The summed E-state index contributed by atoms with van der Waals surface area (Å²) < 4.78 is 0. The van der Waals surface area contributed by atoms with E-state index in [0.717, 1.165) is 13.0 Å². The Kier molecular flexibility index (Phi) is 1.86. The fourth-order valence-corrected chi connectivity index (χ4v) is 1.16. The minimum Gasteiger partial charge on any atom is -0.326 e. The first-order valence-electron chi connectivity index (χ1n) is 3.32. The SMILES string of the molecule is CC[C@H]1C[C@@H](N)CN1. The smallest absolute Gasteiger partial charge is 0.0180 e. The number of hydrogen-bond acceptors (Lipinski definition) is 2. The van der Waals surface area contributed by atoms with E-state index in [1.807, 2.05) is 0 Å². The molecule has 1 aliphatic heterocycles. The quantitative estimate of drug-likeness (QED) is 0.507. The Balaban J connectivity index is 2.22. The number of rotatable bonds is 1. The third-order valence-corrected chi connectivity index (χ3v) is 1.75. The van der Waals surface area contributed by atoms with Gasteiger partial charge in [-0.2, -0.15) is 0 Å². The van der Waals surface area contributed by atoms with Crippen molar-refractivity contribution < 1.29 is 0 Å². The molecule has 0 aromatic carbocycles. The highest BCUT2D eigenvalue weighted by molar-refractivity contribution is 4.82.